The van der Waals surface area contributed by atoms with Gasteiger partial charge in [0, 0.05) is 25.3 Å². The van der Waals surface area contributed by atoms with Gasteiger partial charge in [0.2, 0.25) is 10.0 Å². The number of hydrogen-bond acceptors (Lipinski definition) is 6. The number of H-pyrrole nitrogens is 2. The van der Waals surface area contributed by atoms with Gasteiger partial charge in [-0.3, -0.25) is 14.8 Å². The van der Waals surface area contributed by atoms with E-state index in [0.717, 1.165) is 19.0 Å². The zero-order valence-corrected chi connectivity index (χ0v) is 16.4. The van der Waals surface area contributed by atoms with Crippen molar-refractivity contribution in [1.29, 1.82) is 0 Å². The smallest absolute Gasteiger partial charge is 0.313 e. The quantitative estimate of drug-likeness (QED) is 0.401. The molecule has 0 unspecified atom stereocenters. The van der Waals surface area contributed by atoms with Gasteiger partial charge in [0.25, 0.3) is 5.56 Å². The molecule has 0 bridgehead atoms. The van der Waals surface area contributed by atoms with Crippen LogP contribution in [0.1, 0.15) is 38.5 Å². The summed E-state index contributed by atoms with van der Waals surface area (Å²) in [5, 5.41) is 3.41. The molecule has 2 aromatic heterocycles. The first kappa shape index (κ1) is 21.5. The second-order valence-electron chi connectivity index (χ2n) is 6.52. The first-order chi connectivity index (χ1) is 12.5. The molecule has 0 aliphatic heterocycles. The molecule has 0 saturated heterocycles. The topological polar surface area (TPSA) is 137 Å². The van der Waals surface area contributed by atoms with Crippen LogP contribution in [0.25, 0.3) is 11.0 Å². The molecule has 1 aliphatic carbocycles. The predicted octanol–water partition coefficient (Wildman–Crippen LogP) is 0.624. The number of rotatable bonds is 6. The van der Waals surface area contributed by atoms with Gasteiger partial charge in [-0.25, -0.2) is 22.9 Å². The van der Waals surface area contributed by atoms with Crippen molar-refractivity contribution < 1.29 is 8.42 Å². The molecule has 150 valence electrons. The summed E-state index contributed by atoms with van der Waals surface area (Å²) in [6, 6.07) is 1.65. The van der Waals surface area contributed by atoms with Crippen molar-refractivity contribution in [3.8, 4) is 0 Å². The van der Waals surface area contributed by atoms with Crippen LogP contribution in [0.4, 0.5) is 0 Å². The Morgan fingerprint density at radius 3 is 2.48 bits per heavy atom. The van der Waals surface area contributed by atoms with Crippen molar-refractivity contribution in [3.63, 3.8) is 0 Å². The monoisotopic (exact) mass is 417 g/mol. The summed E-state index contributed by atoms with van der Waals surface area (Å²) in [4.78, 5) is 31.2. The second-order valence-corrected chi connectivity index (χ2v) is 8.28. The van der Waals surface area contributed by atoms with Crippen LogP contribution in [0.3, 0.4) is 0 Å². The van der Waals surface area contributed by atoms with E-state index < -0.39 is 21.3 Å². The molecule has 0 radical (unpaired) electrons. The first-order valence-corrected chi connectivity index (χ1v) is 10.3. The molecular weight excluding hydrogens is 394 g/mol. The van der Waals surface area contributed by atoms with E-state index >= 15 is 0 Å². The van der Waals surface area contributed by atoms with Gasteiger partial charge in [-0.1, -0.05) is 25.7 Å². The van der Waals surface area contributed by atoms with Gasteiger partial charge < -0.3 is 5.32 Å². The highest BCUT2D eigenvalue weighted by molar-refractivity contribution is 7.89. The van der Waals surface area contributed by atoms with Crippen molar-refractivity contribution in [1.82, 2.24) is 25.0 Å². The lowest BCUT2D eigenvalue weighted by atomic mass is 10.1. The minimum absolute atomic E-state index is 0. The summed E-state index contributed by atoms with van der Waals surface area (Å²) in [5.41, 5.74) is -1.32. The van der Waals surface area contributed by atoms with Crippen molar-refractivity contribution in [3.05, 3.63) is 33.1 Å². The number of sulfonamides is 1. The summed E-state index contributed by atoms with van der Waals surface area (Å²) in [6.07, 6.45) is 8.34. The average Bonchev–Trinajstić information content (AvgIpc) is 2.87. The third kappa shape index (κ3) is 5.61. The van der Waals surface area contributed by atoms with Crippen LogP contribution in [0.2, 0.25) is 0 Å². The Balaban J connectivity index is 0.00000261. The number of pyridine rings is 1. The lowest BCUT2D eigenvalue weighted by Crippen LogP contribution is -2.37. The SMILES string of the molecule is Cl.O=c1[nH]c(=O)c2cc(S(=O)(=O)NCCNC3CCCCCC3)cnc2[nH]1. The predicted molar refractivity (Wildman–Crippen MR) is 105 cm³/mol. The fourth-order valence-electron chi connectivity index (χ4n) is 3.20. The van der Waals surface area contributed by atoms with E-state index in [4.69, 9.17) is 0 Å². The molecule has 4 N–H and O–H groups in total. The Labute approximate surface area is 162 Å². The lowest BCUT2D eigenvalue weighted by Gasteiger charge is -2.16. The van der Waals surface area contributed by atoms with Crippen LogP contribution in [-0.4, -0.2) is 42.5 Å². The third-order valence-electron chi connectivity index (χ3n) is 4.58. The van der Waals surface area contributed by atoms with Gasteiger partial charge in [-0.05, 0) is 18.9 Å². The van der Waals surface area contributed by atoms with Crippen molar-refractivity contribution in [2.75, 3.05) is 13.1 Å². The summed E-state index contributed by atoms with van der Waals surface area (Å²) in [5.74, 6) is 0. The van der Waals surface area contributed by atoms with E-state index in [1.807, 2.05) is 0 Å². The average molecular weight is 418 g/mol. The largest absolute Gasteiger partial charge is 0.327 e. The maximum Gasteiger partial charge on any atom is 0.327 e. The summed E-state index contributed by atoms with van der Waals surface area (Å²) < 4.78 is 27.3. The number of aromatic nitrogens is 3. The number of fused-ring (bicyclic) bond motifs is 1. The molecule has 3 rings (SSSR count). The van der Waals surface area contributed by atoms with E-state index in [9.17, 15) is 18.0 Å². The Hall–Kier alpha value is -1.75. The van der Waals surface area contributed by atoms with E-state index in [2.05, 4.69) is 25.0 Å². The molecule has 1 aliphatic rings. The molecule has 9 nitrogen and oxygen atoms in total. The number of halogens is 1. The Morgan fingerprint density at radius 2 is 1.78 bits per heavy atom. The van der Waals surface area contributed by atoms with Gasteiger partial charge in [-0.15, -0.1) is 12.4 Å². The normalized spacial score (nSPS) is 16.0. The van der Waals surface area contributed by atoms with E-state index in [0.29, 0.717) is 12.6 Å². The molecule has 1 fully saturated rings. The van der Waals surface area contributed by atoms with E-state index in [1.165, 1.54) is 31.7 Å². The highest BCUT2D eigenvalue weighted by atomic mass is 35.5. The standard InChI is InChI=1S/C16H23N5O4S.ClH/c22-15-13-9-12(10-18-14(13)20-16(23)21-15)26(24,25)19-8-7-17-11-5-3-1-2-4-6-11;/h9-11,17,19H,1-8H2,(H2,18,20,21,22,23);1H. The number of aromatic amines is 2. The van der Waals surface area contributed by atoms with Crippen LogP contribution in [0, 0.1) is 0 Å². The fourth-order valence-corrected chi connectivity index (χ4v) is 4.20. The summed E-state index contributed by atoms with van der Waals surface area (Å²) in [7, 11) is -3.79. The Kier molecular flexibility index (Phi) is 7.54. The second kappa shape index (κ2) is 9.45. The minimum Gasteiger partial charge on any atom is -0.313 e. The minimum atomic E-state index is -3.79. The molecule has 2 heterocycles. The van der Waals surface area contributed by atoms with E-state index in [1.54, 1.807) is 0 Å². The van der Waals surface area contributed by atoms with Gasteiger partial charge in [0.05, 0.1) is 5.39 Å². The van der Waals surface area contributed by atoms with Crippen LogP contribution >= 0.6 is 12.4 Å². The van der Waals surface area contributed by atoms with Gasteiger partial charge in [0.15, 0.2) is 0 Å². The van der Waals surface area contributed by atoms with E-state index in [-0.39, 0.29) is 34.9 Å². The summed E-state index contributed by atoms with van der Waals surface area (Å²) in [6.45, 7) is 0.789. The lowest BCUT2D eigenvalue weighted by molar-refractivity contribution is 0.461. The molecule has 0 aromatic carbocycles. The number of hydrogen-bond donors (Lipinski definition) is 4. The fraction of sp³-hybridized carbons (Fsp3) is 0.562. The van der Waals surface area contributed by atoms with Crippen LogP contribution in [-0.2, 0) is 10.0 Å². The van der Waals surface area contributed by atoms with Crippen molar-refractivity contribution in [2.24, 2.45) is 0 Å². The molecular formula is C16H24ClN5O4S. The number of nitrogens with one attached hydrogen (secondary N) is 4. The van der Waals surface area contributed by atoms with Crippen LogP contribution in [0.15, 0.2) is 26.7 Å². The highest BCUT2D eigenvalue weighted by Crippen LogP contribution is 2.17. The van der Waals surface area contributed by atoms with Gasteiger partial charge in [-0.2, -0.15) is 0 Å². The van der Waals surface area contributed by atoms with Gasteiger partial charge in [0.1, 0.15) is 10.5 Å². The van der Waals surface area contributed by atoms with Gasteiger partial charge >= 0.3 is 5.69 Å². The van der Waals surface area contributed by atoms with Crippen molar-refractivity contribution in [2.45, 2.75) is 49.5 Å². The zero-order chi connectivity index (χ0) is 18.6. The molecule has 0 atom stereocenters. The van der Waals surface area contributed by atoms with Crippen molar-refractivity contribution >= 4 is 33.5 Å². The maximum atomic E-state index is 12.4. The Morgan fingerprint density at radius 1 is 1.07 bits per heavy atom. The molecule has 0 amide bonds. The summed E-state index contributed by atoms with van der Waals surface area (Å²) >= 11 is 0. The number of nitrogens with zero attached hydrogens (tertiary/aromatic N) is 1. The highest BCUT2D eigenvalue weighted by Gasteiger charge is 2.17. The molecule has 1 saturated carbocycles. The van der Waals surface area contributed by atoms with Crippen LogP contribution < -0.4 is 21.3 Å². The molecule has 2 aromatic rings. The third-order valence-corrected chi connectivity index (χ3v) is 6.01. The van der Waals surface area contributed by atoms with Crippen LogP contribution in [0.5, 0.6) is 0 Å². The Bertz CT molecular complexity index is 980. The molecule has 27 heavy (non-hydrogen) atoms. The maximum absolute atomic E-state index is 12.4. The zero-order valence-electron chi connectivity index (χ0n) is 14.8. The first-order valence-electron chi connectivity index (χ1n) is 8.81. The molecule has 11 heteroatoms. The molecule has 0 spiro atoms.